The Labute approximate surface area is 85.2 Å². The van der Waals surface area contributed by atoms with Gasteiger partial charge in [-0.2, -0.15) is 0 Å². The van der Waals surface area contributed by atoms with Gasteiger partial charge in [0.25, 0.3) is 0 Å². The van der Waals surface area contributed by atoms with Gasteiger partial charge in [0.15, 0.2) is 0 Å². The minimum atomic E-state index is 0.320. The topological polar surface area (TPSA) is 43.1 Å². The third kappa shape index (κ3) is 1.50. The Morgan fingerprint density at radius 2 is 1.71 bits per heavy atom. The van der Waals surface area contributed by atoms with Crippen LogP contribution in [0.1, 0.15) is 38.5 Å². The first-order valence-corrected chi connectivity index (χ1v) is 6.00. The van der Waals surface area contributed by atoms with E-state index in [1.807, 2.05) is 0 Å². The molecule has 0 aromatic carbocycles. The third-order valence-electron chi connectivity index (χ3n) is 4.46. The summed E-state index contributed by atoms with van der Waals surface area (Å²) in [6, 6.07) is 0.320. The maximum absolute atomic E-state index is 11.8. The smallest absolute Gasteiger partial charge is 0.136 e. The van der Waals surface area contributed by atoms with Crippen LogP contribution in [0.2, 0.25) is 0 Å². The molecule has 3 fully saturated rings. The van der Waals surface area contributed by atoms with Crippen molar-refractivity contribution in [1.29, 1.82) is 0 Å². The van der Waals surface area contributed by atoms with Crippen LogP contribution in [0.3, 0.4) is 0 Å². The van der Waals surface area contributed by atoms with Crippen LogP contribution in [0.25, 0.3) is 0 Å². The van der Waals surface area contributed by atoms with Crippen molar-refractivity contribution in [3.05, 3.63) is 0 Å². The molecule has 0 amide bonds. The van der Waals surface area contributed by atoms with E-state index >= 15 is 0 Å². The molecule has 0 bridgehead atoms. The van der Waals surface area contributed by atoms with E-state index in [9.17, 15) is 4.79 Å². The molecular formula is C12H19NO. The Hall–Kier alpha value is -0.370. The number of hydrogen-bond acceptors (Lipinski definition) is 2. The van der Waals surface area contributed by atoms with Gasteiger partial charge in [-0.1, -0.05) is 0 Å². The quantitative estimate of drug-likeness (QED) is 0.741. The van der Waals surface area contributed by atoms with Crippen molar-refractivity contribution in [2.75, 3.05) is 0 Å². The second-order valence-corrected chi connectivity index (χ2v) is 5.69. The van der Waals surface area contributed by atoms with Crippen molar-refractivity contribution < 1.29 is 4.79 Å². The molecule has 2 N–H and O–H groups in total. The van der Waals surface area contributed by atoms with Gasteiger partial charge in [0.1, 0.15) is 5.78 Å². The largest absolute Gasteiger partial charge is 0.328 e. The van der Waals surface area contributed by atoms with Crippen LogP contribution < -0.4 is 5.73 Å². The van der Waals surface area contributed by atoms with Crippen molar-refractivity contribution in [3.63, 3.8) is 0 Å². The van der Waals surface area contributed by atoms with Gasteiger partial charge in [0.2, 0.25) is 0 Å². The van der Waals surface area contributed by atoms with Gasteiger partial charge in [-0.05, 0) is 49.9 Å². The number of fused-ring (bicyclic) bond motifs is 1. The Morgan fingerprint density at radius 1 is 1.07 bits per heavy atom. The lowest BCUT2D eigenvalue weighted by molar-refractivity contribution is -0.126. The molecule has 0 aromatic heterocycles. The van der Waals surface area contributed by atoms with Gasteiger partial charge in [-0.25, -0.2) is 0 Å². The molecule has 2 unspecified atom stereocenters. The molecule has 78 valence electrons. The lowest BCUT2D eigenvalue weighted by Crippen LogP contribution is -2.40. The van der Waals surface area contributed by atoms with E-state index in [0.29, 0.717) is 17.7 Å². The van der Waals surface area contributed by atoms with E-state index in [2.05, 4.69) is 0 Å². The Balaban J connectivity index is 1.46. The van der Waals surface area contributed by atoms with Crippen LogP contribution in [0.5, 0.6) is 0 Å². The van der Waals surface area contributed by atoms with Gasteiger partial charge in [0, 0.05) is 18.4 Å². The van der Waals surface area contributed by atoms with Crippen LogP contribution in [0.4, 0.5) is 0 Å². The fraction of sp³-hybridized carbons (Fsp3) is 0.917. The number of hydrogen-bond donors (Lipinski definition) is 1. The molecule has 2 nitrogen and oxygen atoms in total. The zero-order valence-electron chi connectivity index (χ0n) is 8.61. The van der Waals surface area contributed by atoms with Gasteiger partial charge >= 0.3 is 0 Å². The molecule has 2 heteroatoms. The highest BCUT2D eigenvalue weighted by molar-refractivity contribution is 5.82. The van der Waals surface area contributed by atoms with Crippen LogP contribution >= 0.6 is 0 Å². The first-order chi connectivity index (χ1) is 6.72. The zero-order valence-corrected chi connectivity index (χ0v) is 8.61. The predicted octanol–water partition coefficient (Wildman–Crippen LogP) is 1.73. The van der Waals surface area contributed by atoms with E-state index in [0.717, 1.165) is 37.0 Å². The molecule has 2 atom stereocenters. The Bertz CT molecular complexity index is 247. The number of rotatable bonds is 3. The molecule has 14 heavy (non-hydrogen) atoms. The van der Waals surface area contributed by atoms with Gasteiger partial charge in [-0.15, -0.1) is 0 Å². The van der Waals surface area contributed by atoms with Crippen LogP contribution in [-0.4, -0.2) is 11.8 Å². The highest BCUT2D eigenvalue weighted by Gasteiger charge is 2.46. The van der Waals surface area contributed by atoms with E-state index in [1.165, 1.54) is 19.3 Å². The molecular weight excluding hydrogens is 174 g/mol. The van der Waals surface area contributed by atoms with Gasteiger partial charge < -0.3 is 5.73 Å². The summed E-state index contributed by atoms with van der Waals surface area (Å²) in [4.78, 5) is 11.8. The average Bonchev–Trinajstić information content (AvgIpc) is 2.69. The lowest BCUT2D eigenvalue weighted by atomic mass is 9.75. The van der Waals surface area contributed by atoms with E-state index in [-0.39, 0.29) is 0 Å². The highest BCUT2D eigenvalue weighted by Crippen LogP contribution is 2.55. The molecule has 3 aliphatic carbocycles. The molecule has 3 aliphatic rings. The summed E-state index contributed by atoms with van der Waals surface area (Å²) in [7, 11) is 0. The summed E-state index contributed by atoms with van der Waals surface area (Å²) in [5.41, 5.74) is 5.69. The average molecular weight is 193 g/mol. The molecule has 3 rings (SSSR count). The molecule has 0 spiro atoms. The first kappa shape index (κ1) is 8.90. The van der Waals surface area contributed by atoms with Crippen molar-refractivity contribution in [3.8, 4) is 0 Å². The van der Waals surface area contributed by atoms with Crippen molar-refractivity contribution >= 4 is 5.78 Å². The normalized spacial score (nSPS) is 49.6. The first-order valence-electron chi connectivity index (χ1n) is 6.00. The van der Waals surface area contributed by atoms with Crippen molar-refractivity contribution in [2.45, 2.75) is 44.6 Å². The summed E-state index contributed by atoms with van der Waals surface area (Å²) < 4.78 is 0. The third-order valence-corrected chi connectivity index (χ3v) is 4.46. The fourth-order valence-electron chi connectivity index (χ4n) is 3.38. The minimum absolute atomic E-state index is 0.320. The van der Waals surface area contributed by atoms with Crippen LogP contribution in [0.15, 0.2) is 0 Å². The summed E-state index contributed by atoms with van der Waals surface area (Å²) in [6.45, 7) is 0. The number of carbonyl (C=O) groups excluding carboxylic acids is 1. The summed E-state index contributed by atoms with van der Waals surface area (Å²) >= 11 is 0. The Morgan fingerprint density at radius 3 is 2.29 bits per heavy atom. The van der Waals surface area contributed by atoms with E-state index in [1.54, 1.807) is 0 Å². The Kier molecular flexibility index (Phi) is 1.94. The number of Topliss-reactive ketones (excluding diaryl/α,β-unsaturated/α-hetero) is 1. The summed E-state index contributed by atoms with van der Waals surface area (Å²) in [5, 5.41) is 0. The summed E-state index contributed by atoms with van der Waals surface area (Å²) in [5.74, 6) is 3.61. The van der Waals surface area contributed by atoms with Gasteiger partial charge in [0.05, 0.1) is 0 Å². The zero-order chi connectivity index (χ0) is 9.71. The van der Waals surface area contributed by atoms with Crippen LogP contribution in [-0.2, 0) is 4.79 Å². The second-order valence-electron chi connectivity index (χ2n) is 5.69. The van der Waals surface area contributed by atoms with E-state index in [4.69, 9.17) is 5.73 Å². The minimum Gasteiger partial charge on any atom is -0.328 e. The van der Waals surface area contributed by atoms with Gasteiger partial charge in [-0.3, -0.25) is 4.79 Å². The molecule has 0 aromatic rings. The van der Waals surface area contributed by atoms with Crippen molar-refractivity contribution in [1.82, 2.24) is 0 Å². The molecule has 3 saturated carbocycles. The molecule has 0 heterocycles. The number of nitrogens with two attached hydrogens (primary N) is 1. The standard InChI is InChI=1S/C12H19NO/c13-11-5-10(6-11)12(14)3-7-1-8-4-9(8)2-7/h7-11H,1-6,13H2. The number of carbonyl (C=O) groups is 1. The monoisotopic (exact) mass is 193 g/mol. The summed E-state index contributed by atoms with van der Waals surface area (Å²) in [6.07, 6.45) is 6.92. The van der Waals surface area contributed by atoms with Crippen molar-refractivity contribution in [2.24, 2.45) is 29.4 Å². The molecule has 0 aliphatic heterocycles. The SMILES string of the molecule is NC1CC(C(=O)CC2CC3CC3C2)C1. The lowest BCUT2D eigenvalue weighted by Gasteiger charge is -2.31. The maximum atomic E-state index is 11.8. The molecule has 0 radical (unpaired) electrons. The number of ketones is 1. The fourth-order valence-corrected chi connectivity index (χ4v) is 3.38. The predicted molar refractivity (Wildman–Crippen MR) is 54.6 cm³/mol. The van der Waals surface area contributed by atoms with Crippen LogP contribution in [0, 0.1) is 23.7 Å². The maximum Gasteiger partial charge on any atom is 0.136 e. The van der Waals surface area contributed by atoms with E-state index < -0.39 is 0 Å². The highest BCUT2D eigenvalue weighted by atomic mass is 16.1. The second kappa shape index (κ2) is 3.06. The molecule has 0 saturated heterocycles.